The van der Waals surface area contributed by atoms with Gasteiger partial charge in [0.05, 0.1) is 17.6 Å². The van der Waals surface area contributed by atoms with Gasteiger partial charge in [-0.05, 0) is 129 Å². The third-order valence-corrected chi connectivity index (χ3v) is 17.4. The molecule has 1 spiro atoms. The Balaban J connectivity index is 0.663. The summed E-state index contributed by atoms with van der Waals surface area (Å²) in [6.45, 7) is 11.6. The summed E-state index contributed by atoms with van der Waals surface area (Å²) < 4.78 is 40.2. The Morgan fingerprint density at radius 3 is 2.40 bits per heavy atom. The van der Waals surface area contributed by atoms with E-state index >= 15 is 8.78 Å². The minimum Gasteiger partial charge on any atom is -0.508 e. The molecule has 1 saturated carbocycles. The number of rotatable bonds is 12. The molecule has 73 heavy (non-hydrogen) atoms. The number of aryl methyl sites for hydroxylation is 1. The SMILES string of the molecule is CCc1cccc2cc(O)cc(-c3ncc4c(N5CCC[C@@](C)(O)C5)nc(OCC5(CN6CCC(F)(CN7CC8(CCN(c9ccc%10c(c9)CN(C9CCC(=O)NC9=O)C%10=O)CC8)C7)CC6)CC5)nc4c3F)c12. The van der Waals surface area contributed by atoms with E-state index in [1.807, 2.05) is 42.2 Å². The van der Waals surface area contributed by atoms with Gasteiger partial charge in [0, 0.05) is 107 Å². The molecule has 8 heterocycles. The van der Waals surface area contributed by atoms with Crippen LogP contribution < -0.4 is 19.9 Å². The van der Waals surface area contributed by atoms with E-state index in [4.69, 9.17) is 14.7 Å². The normalized spacial score (nSPS) is 24.8. The maximum absolute atomic E-state index is 17.1. The van der Waals surface area contributed by atoms with Gasteiger partial charge in [0.15, 0.2) is 5.82 Å². The Morgan fingerprint density at radius 1 is 0.863 bits per heavy atom. The van der Waals surface area contributed by atoms with E-state index < -0.39 is 29.0 Å². The zero-order valence-electron chi connectivity index (χ0n) is 41.9. The number of likely N-dealkylation sites (tertiary alicyclic amines) is 2. The van der Waals surface area contributed by atoms with Crippen LogP contribution in [0.15, 0.2) is 54.7 Å². The van der Waals surface area contributed by atoms with Gasteiger partial charge in [-0.25, -0.2) is 8.78 Å². The van der Waals surface area contributed by atoms with Crippen molar-refractivity contribution in [2.45, 2.75) is 108 Å². The topological polar surface area (TPSA) is 168 Å². The Bertz CT molecular complexity index is 3030. The lowest BCUT2D eigenvalue weighted by Crippen LogP contribution is -2.63. The summed E-state index contributed by atoms with van der Waals surface area (Å²) in [7, 11) is 0. The number of halogens is 2. The molecule has 6 aliphatic heterocycles. The average molecular weight is 998 g/mol. The maximum atomic E-state index is 17.1. The molecule has 1 aliphatic carbocycles. The summed E-state index contributed by atoms with van der Waals surface area (Å²) in [5.41, 5.74) is 2.09. The van der Waals surface area contributed by atoms with Crippen molar-refractivity contribution in [2.24, 2.45) is 10.8 Å². The second-order valence-electron chi connectivity index (χ2n) is 23.0. The van der Waals surface area contributed by atoms with Crippen LogP contribution in [0.1, 0.15) is 99.5 Å². The molecule has 2 atom stereocenters. The molecule has 15 nitrogen and oxygen atoms in total. The van der Waals surface area contributed by atoms with Crippen LogP contribution in [0.3, 0.4) is 0 Å². The maximum Gasteiger partial charge on any atom is 0.319 e. The number of β-amino-alcohol motifs (C(OH)–C–C–N with tert-alkyl or cyclic N) is 1. The molecule has 3 N–H and O–H groups in total. The van der Waals surface area contributed by atoms with E-state index in [1.165, 1.54) is 0 Å². The van der Waals surface area contributed by atoms with E-state index in [1.54, 1.807) is 30.2 Å². The average Bonchev–Trinajstić information content (AvgIpc) is 4.05. The van der Waals surface area contributed by atoms with Gasteiger partial charge in [-0.15, -0.1) is 0 Å². The van der Waals surface area contributed by atoms with Crippen LogP contribution in [0.25, 0.3) is 32.9 Å². The van der Waals surface area contributed by atoms with Gasteiger partial charge in [0.1, 0.15) is 34.5 Å². The zero-order chi connectivity index (χ0) is 50.4. The second kappa shape index (κ2) is 18.1. The molecular formula is C56H65F2N9O6. The molecule has 7 aliphatic rings. The van der Waals surface area contributed by atoms with Crippen molar-refractivity contribution in [3.05, 3.63) is 77.2 Å². The number of carbonyl (C=O) groups excluding carboxylic acids is 3. The minimum absolute atomic E-state index is 0.0122. The Labute approximate surface area is 423 Å². The highest BCUT2D eigenvalue weighted by Gasteiger charge is 2.50. The molecule has 0 bridgehead atoms. The number of pyridine rings is 1. The number of amides is 3. The quantitative estimate of drug-likeness (QED) is 0.110. The number of phenols is 1. The molecule has 0 radical (unpaired) electrons. The van der Waals surface area contributed by atoms with Gasteiger partial charge in [0.25, 0.3) is 5.91 Å². The molecule has 2 aromatic heterocycles. The van der Waals surface area contributed by atoms with Crippen molar-refractivity contribution in [3.8, 4) is 23.0 Å². The van der Waals surface area contributed by atoms with Crippen molar-refractivity contribution < 1.29 is 38.1 Å². The summed E-state index contributed by atoms with van der Waals surface area (Å²) in [5.74, 6) is -1.02. The summed E-state index contributed by atoms with van der Waals surface area (Å²) >= 11 is 0. The van der Waals surface area contributed by atoms with Gasteiger partial charge in [-0.1, -0.05) is 25.1 Å². The van der Waals surface area contributed by atoms with E-state index in [0.717, 1.165) is 92.4 Å². The molecule has 6 fully saturated rings. The highest BCUT2D eigenvalue weighted by Crippen LogP contribution is 2.49. The fourth-order valence-electron chi connectivity index (χ4n) is 13.1. The first kappa shape index (κ1) is 47.9. The lowest BCUT2D eigenvalue weighted by molar-refractivity contribution is -0.136. The van der Waals surface area contributed by atoms with E-state index in [2.05, 4.69) is 31.1 Å². The number of phenolic OH excluding ortho intramolecular Hbond substituents is 1. The second-order valence-corrected chi connectivity index (χ2v) is 23.0. The van der Waals surface area contributed by atoms with Gasteiger partial charge in [-0.3, -0.25) is 29.6 Å². The number of aliphatic hydroxyl groups is 1. The summed E-state index contributed by atoms with van der Waals surface area (Å²) in [5, 5.41) is 26.3. The molecule has 3 aromatic carbocycles. The number of anilines is 2. The van der Waals surface area contributed by atoms with Crippen LogP contribution in [-0.4, -0.2) is 147 Å². The monoisotopic (exact) mass is 998 g/mol. The standard InChI is InChI=1S/C56H65F2N9O6/c1-3-35-6-4-7-36-25-39(68)26-41(45(35)36)47-46(57)48-42(27-59-47)49(66-19-5-12-53(2,72)29-66)62-52(61-48)73-34-55(13-14-55)32-63-20-17-56(58,18-21-63)33-64-30-54(31-64)15-22-65(23-16-54)38-8-9-40-37(24-38)28-67(51(40)71)43-10-11-44(69)60-50(43)70/h4,6-9,24-27,43,68,72H,3,5,10-23,28-34H2,1-2H3,(H,60,69,70)/t43?,53-/m1/s1. The predicted octanol–water partition coefficient (Wildman–Crippen LogP) is 6.93. The smallest absolute Gasteiger partial charge is 0.319 e. The fourth-order valence-corrected chi connectivity index (χ4v) is 13.1. The van der Waals surface area contributed by atoms with Crippen molar-refractivity contribution in [1.82, 2.24) is 35.0 Å². The molecular weight excluding hydrogens is 933 g/mol. The zero-order valence-corrected chi connectivity index (χ0v) is 41.9. The summed E-state index contributed by atoms with van der Waals surface area (Å²) in [6, 6.07) is 14.5. The summed E-state index contributed by atoms with van der Waals surface area (Å²) in [6.07, 6.45) is 9.16. The van der Waals surface area contributed by atoms with Crippen LogP contribution in [0, 0.1) is 16.6 Å². The number of nitrogens with one attached hydrogen (secondary N) is 1. The Hall–Kier alpha value is -6.04. The van der Waals surface area contributed by atoms with Gasteiger partial charge < -0.3 is 34.5 Å². The number of piperidine rings is 4. The highest BCUT2D eigenvalue weighted by molar-refractivity contribution is 6.06. The molecule has 12 rings (SSSR count). The third kappa shape index (κ3) is 9.13. The van der Waals surface area contributed by atoms with Crippen LogP contribution in [-0.2, 0) is 22.6 Å². The minimum atomic E-state index is -1.25. The highest BCUT2D eigenvalue weighted by atomic mass is 19.1. The van der Waals surface area contributed by atoms with Crippen LogP contribution in [0.5, 0.6) is 11.8 Å². The molecule has 17 heteroatoms. The largest absolute Gasteiger partial charge is 0.508 e. The first-order valence-corrected chi connectivity index (χ1v) is 26.5. The molecule has 384 valence electrons. The molecule has 3 amide bonds. The Kier molecular flexibility index (Phi) is 11.9. The number of nitrogens with zero attached hydrogens (tertiary/aromatic N) is 8. The number of aromatic nitrogens is 3. The molecule has 1 unspecified atom stereocenters. The molecule has 5 aromatic rings. The van der Waals surface area contributed by atoms with Crippen LogP contribution >= 0.6 is 0 Å². The predicted molar refractivity (Wildman–Crippen MR) is 273 cm³/mol. The van der Waals surface area contributed by atoms with E-state index in [9.17, 15) is 24.6 Å². The van der Waals surface area contributed by atoms with Crippen molar-refractivity contribution in [2.75, 3.05) is 81.9 Å². The van der Waals surface area contributed by atoms with Crippen LogP contribution in [0.2, 0.25) is 0 Å². The third-order valence-electron chi connectivity index (χ3n) is 17.4. The number of fused-ring (bicyclic) bond motifs is 3. The first-order chi connectivity index (χ1) is 35.1. The summed E-state index contributed by atoms with van der Waals surface area (Å²) in [4.78, 5) is 62.4. The number of hydrogen-bond donors (Lipinski definition) is 3. The van der Waals surface area contributed by atoms with Crippen molar-refractivity contribution >= 4 is 50.9 Å². The molecule has 5 saturated heterocycles. The lowest BCUT2D eigenvalue weighted by atomic mass is 9.71. The van der Waals surface area contributed by atoms with E-state index in [-0.39, 0.29) is 52.0 Å². The van der Waals surface area contributed by atoms with Gasteiger partial charge >= 0.3 is 6.01 Å². The number of alkyl halides is 1. The number of aromatic hydroxyl groups is 1. The fraction of sp³-hybridized carbons (Fsp3) is 0.536. The van der Waals surface area contributed by atoms with Gasteiger partial charge in [0.2, 0.25) is 11.8 Å². The van der Waals surface area contributed by atoms with E-state index in [0.29, 0.717) is 100 Å². The number of carbonyl (C=O) groups is 3. The number of benzene rings is 3. The number of hydrogen-bond acceptors (Lipinski definition) is 13. The number of ether oxygens (including phenoxy) is 1. The number of imide groups is 1. The lowest BCUT2D eigenvalue weighted by Gasteiger charge is -2.56. The van der Waals surface area contributed by atoms with Crippen molar-refractivity contribution in [1.29, 1.82) is 0 Å². The van der Waals surface area contributed by atoms with Gasteiger partial charge in [-0.2, -0.15) is 9.97 Å². The van der Waals surface area contributed by atoms with Crippen LogP contribution in [0.4, 0.5) is 20.3 Å². The Morgan fingerprint density at radius 2 is 1.66 bits per heavy atom. The van der Waals surface area contributed by atoms with Crippen molar-refractivity contribution in [3.63, 3.8) is 0 Å². The first-order valence-electron chi connectivity index (χ1n) is 26.5.